The lowest BCUT2D eigenvalue weighted by Gasteiger charge is -2.14. The number of aliphatic hydroxyl groups excluding tert-OH is 1. The molecule has 2 rings (SSSR count). The second-order valence-electron chi connectivity index (χ2n) is 4.16. The van der Waals surface area contributed by atoms with Crippen molar-refractivity contribution in [3.05, 3.63) is 35.2 Å². The minimum atomic E-state index is -0.417. The first-order chi connectivity index (χ1) is 9.60. The fraction of sp³-hybridized carbons (Fsp3) is 0.250. The average molecular weight is 340 g/mol. The van der Waals surface area contributed by atoms with E-state index < -0.39 is 6.03 Å². The monoisotopic (exact) mass is 339 g/mol. The van der Waals surface area contributed by atoms with Crippen LogP contribution in [0.25, 0.3) is 5.82 Å². The standard InChI is InChI=1S/C12H14BrN5O2/c1-8(7-19)16-12(20)17-10-5-9(13)6-14-11(10)18-4-2-3-15-18/h2-6,8,19H,7H2,1H3,(H2,16,17,20)/t8-/m0/s1. The van der Waals surface area contributed by atoms with Crippen LogP contribution >= 0.6 is 15.9 Å². The van der Waals surface area contributed by atoms with Crippen molar-refractivity contribution in [2.45, 2.75) is 13.0 Å². The second-order valence-corrected chi connectivity index (χ2v) is 5.07. The van der Waals surface area contributed by atoms with E-state index in [1.54, 1.807) is 42.3 Å². The number of carbonyl (C=O) groups is 1. The quantitative estimate of drug-likeness (QED) is 0.787. The minimum absolute atomic E-state index is 0.129. The van der Waals surface area contributed by atoms with E-state index in [-0.39, 0.29) is 12.6 Å². The van der Waals surface area contributed by atoms with Crippen molar-refractivity contribution < 1.29 is 9.90 Å². The van der Waals surface area contributed by atoms with Crippen LogP contribution in [0, 0.1) is 0 Å². The van der Waals surface area contributed by atoms with Crippen LogP contribution in [0.2, 0.25) is 0 Å². The molecule has 2 aromatic heterocycles. The maximum absolute atomic E-state index is 11.8. The van der Waals surface area contributed by atoms with Crippen molar-refractivity contribution in [3.8, 4) is 5.82 Å². The topological polar surface area (TPSA) is 92.1 Å². The highest BCUT2D eigenvalue weighted by atomic mass is 79.9. The Balaban J connectivity index is 2.22. The van der Waals surface area contributed by atoms with Crippen LogP contribution in [-0.4, -0.2) is 38.6 Å². The number of amides is 2. The number of rotatable bonds is 4. The van der Waals surface area contributed by atoms with Gasteiger partial charge < -0.3 is 15.7 Å². The Morgan fingerprint density at radius 3 is 3.05 bits per heavy atom. The third-order valence-corrected chi connectivity index (χ3v) is 2.89. The molecule has 0 radical (unpaired) electrons. The Labute approximate surface area is 124 Å². The molecule has 0 unspecified atom stereocenters. The number of nitrogens with one attached hydrogen (secondary N) is 2. The Hall–Kier alpha value is -1.93. The number of carbonyl (C=O) groups excluding carboxylic acids is 1. The molecule has 8 heteroatoms. The van der Waals surface area contributed by atoms with Crippen LogP contribution in [0.15, 0.2) is 35.2 Å². The summed E-state index contributed by atoms with van der Waals surface area (Å²) in [7, 11) is 0. The number of nitrogens with zero attached hydrogens (tertiary/aromatic N) is 3. The summed E-state index contributed by atoms with van der Waals surface area (Å²) in [4.78, 5) is 16.0. The molecule has 0 fully saturated rings. The number of aromatic nitrogens is 3. The number of urea groups is 1. The van der Waals surface area contributed by atoms with Gasteiger partial charge in [0.1, 0.15) is 0 Å². The lowest BCUT2D eigenvalue weighted by atomic mass is 10.3. The lowest BCUT2D eigenvalue weighted by molar-refractivity contribution is 0.229. The summed E-state index contributed by atoms with van der Waals surface area (Å²) in [5.41, 5.74) is 0.505. The number of hydrogen-bond donors (Lipinski definition) is 3. The van der Waals surface area contributed by atoms with Crippen molar-refractivity contribution >= 4 is 27.6 Å². The van der Waals surface area contributed by atoms with Gasteiger partial charge in [0.2, 0.25) is 0 Å². The Morgan fingerprint density at radius 1 is 1.60 bits per heavy atom. The van der Waals surface area contributed by atoms with E-state index in [1.807, 2.05) is 0 Å². The number of halogens is 1. The SMILES string of the molecule is C[C@@H](CO)NC(=O)Nc1cc(Br)cnc1-n1cccn1. The molecular formula is C12H14BrN5O2. The van der Waals surface area contributed by atoms with Gasteiger partial charge in [-0.2, -0.15) is 5.10 Å². The number of pyridine rings is 1. The van der Waals surface area contributed by atoms with Crippen molar-refractivity contribution in [1.82, 2.24) is 20.1 Å². The zero-order valence-electron chi connectivity index (χ0n) is 10.7. The van der Waals surface area contributed by atoms with E-state index in [2.05, 4.69) is 36.6 Å². The molecule has 2 amide bonds. The third-order valence-electron chi connectivity index (χ3n) is 2.45. The second kappa shape index (κ2) is 6.49. The summed E-state index contributed by atoms with van der Waals surface area (Å²) in [6.45, 7) is 1.57. The molecule has 0 bridgehead atoms. The Bertz CT molecular complexity index is 588. The van der Waals surface area contributed by atoms with Gasteiger partial charge in [0, 0.05) is 23.1 Å². The summed E-state index contributed by atoms with van der Waals surface area (Å²) in [5.74, 6) is 0.505. The largest absolute Gasteiger partial charge is 0.394 e. The zero-order chi connectivity index (χ0) is 14.5. The summed E-state index contributed by atoms with van der Waals surface area (Å²) < 4.78 is 2.29. The maximum atomic E-state index is 11.8. The highest BCUT2D eigenvalue weighted by Gasteiger charge is 2.12. The molecule has 0 aromatic carbocycles. The maximum Gasteiger partial charge on any atom is 0.319 e. The third kappa shape index (κ3) is 3.55. The molecule has 0 saturated heterocycles. The molecule has 3 N–H and O–H groups in total. The van der Waals surface area contributed by atoms with Gasteiger partial charge in [0.15, 0.2) is 5.82 Å². The van der Waals surface area contributed by atoms with Gasteiger partial charge in [-0.25, -0.2) is 14.5 Å². The van der Waals surface area contributed by atoms with Gasteiger partial charge in [-0.1, -0.05) is 0 Å². The predicted molar refractivity (Wildman–Crippen MR) is 77.8 cm³/mol. The molecule has 0 saturated carbocycles. The summed E-state index contributed by atoms with van der Waals surface area (Å²) >= 11 is 3.31. The van der Waals surface area contributed by atoms with E-state index in [1.165, 1.54) is 0 Å². The predicted octanol–water partition coefficient (Wildman–Crippen LogP) is 1.53. The van der Waals surface area contributed by atoms with Crippen LogP contribution in [0.4, 0.5) is 10.5 Å². The first-order valence-electron chi connectivity index (χ1n) is 5.94. The van der Waals surface area contributed by atoms with Gasteiger partial charge in [0.25, 0.3) is 0 Å². The van der Waals surface area contributed by atoms with Crippen LogP contribution in [-0.2, 0) is 0 Å². The van der Waals surface area contributed by atoms with Gasteiger partial charge in [-0.05, 0) is 35.0 Å². The molecule has 0 aliphatic rings. The minimum Gasteiger partial charge on any atom is -0.394 e. The van der Waals surface area contributed by atoms with E-state index in [0.717, 1.165) is 4.47 Å². The average Bonchev–Trinajstić information content (AvgIpc) is 2.92. The molecular weight excluding hydrogens is 326 g/mol. The van der Waals surface area contributed by atoms with Gasteiger partial charge in [0.05, 0.1) is 18.3 Å². The van der Waals surface area contributed by atoms with E-state index >= 15 is 0 Å². The summed E-state index contributed by atoms with van der Waals surface area (Å²) in [6.07, 6.45) is 4.98. The Morgan fingerprint density at radius 2 is 2.40 bits per heavy atom. The first-order valence-corrected chi connectivity index (χ1v) is 6.73. The number of aliphatic hydroxyl groups is 1. The zero-order valence-corrected chi connectivity index (χ0v) is 12.3. The molecule has 2 heterocycles. The molecule has 20 heavy (non-hydrogen) atoms. The lowest BCUT2D eigenvalue weighted by Crippen LogP contribution is -2.38. The molecule has 7 nitrogen and oxygen atoms in total. The van der Waals surface area contributed by atoms with Gasteiger partial charge in [-0.3, -0.25) is 0 Å². The molecule has 106 valence electrons. The fourth-order valence-electron chi connectivity index (χ4n) is 1.53. The molecule has 0 aliphatic carbocycles. The summed E-state index contributed by atoms with van der Waals surface area (Å²) in [5, 5.41) is 18.3. The van der Waals surface area contributed by atoms with Crippen LogP contribution in [0.3, 0.4) is 0 Å². The van der Waals surface area contributed by atoms with Crippen LogP contribution in [0.5, 0.6) is 0 Å². The van der Waals surface area contributed by atoms with Gasteiger partial charge in [-0.15, -0.1) is 0 Å². The first kappa shape index (κ1) is 14.5. The molecule has 1 atom stereocenters. The van der Waals surface area contributed by atoms with E-state index in [9.17, 15) is 4.79 Å². The summed E-state index contributed by atoms with van der Waals surface area (Å²) in [6, 6.07) is 2.75. The number of hydrogen-bond acceptors (Lipinski definition) is 4. The van der Waals surface area contributed by atoms with Crippen LogP contribution < -0.4 is 10.6 Å². The molecule has 0 aliphatic heterocycles. The van der Waals surface area contributed by atoms with Crippen molar-refractivity contribution in [1.29, 1.82) is 0 Å². The van der Waals surface area contributed by atoms with E-state index in [0.29, 0.717) is 11.5 Å². The van der Waals surface area contributed by atoms with Crippen molar-refractivity contribution in [3.63, 3.8) is 0 Å². The van der Waals surface area contributed by atoms with Gasteiger partial charge >= 0.3 is 6.03 Å². The Kier molecular flexibility index (Phi) is 4.70. The fourth-order valence-corrected chi connectivity index (χ4v) is 1.86. The normalized spacial score (nSPS) is 11.9. The van der Waals surface area contributed by atoms with Crippen LogP contribution in [0.1, 0.15) is 6.92 Å². The molecule has 0 spiro atoms. The number of anilines is 1. The van der Waals surface area contributed by atoms with Crippen molar-refractivity contribution in [2.24, 2.45) is 0 Å². The van der Waals surface area contributed by atoms with Crippen molar-refractivity contribution in [2.75, 3.05) is 11.9 Å². The molecule has 2 aromatic rings. The highest BCUT2D eigenvalue weighted by molar-refractivity contribution is 9.10. The van der Waals surface area contributed by atoms with E-state index in [4.69, 9.17) is 5.11 Å². The smallest absolute Gasteiger partial charge is 0.319 e. The highest BCUT2D eigenvalue weighted by Crippen LogP contribution is 2.21.